The summed E-state index contributed by atoms with van der Waals surface area (Å²) in [4.78, 5) is 29.1. The maximum Gasteiger partial charge on any atom is 0.161 e. The number of rotatable bonds is 8. The third kappa shape index (κ3) is 20.6. The average molecular weight is 1530 g/mol. The van der Waals surface area contributed by atoms with Crippen LogP contribution in [-0.2, 0) is 37.9 Å². The number of nitrogens with zero attached hydrogens (tertiary/aromatic N) is 6. The molecule has 0 spiro atoms. The van der Waals surface area contributed by atoms with E-state index in [1.165, 1.54) is 0 Å². The van der Waals surface area contributed by atoms with Gasteiger partial charge in [-0.2, -0.15) is 0 Å². The van der Waals surface area contributed by atoms with Crippen molar-refractivity contribution in [2.75, 3.05) is 159 Å². The van der Waals surface area contributed by atoms with E-state index in [4.69, 9.17) is 106 Å². The van der Waals surface area contributed by atoms with Crippen LogP contribution < -0.4 is 37.9 Å². The highest BCUT2D eigenvalue weighted by atomic mass is 16.6. The Balaban J connectivity index is 0.854. The van der Waals surface area contributed by atoms with Crippen molar-refractivity contribution in [3.8, 4) is 136 Å². The lowest BCUT2D eigenvalue weighted by Crippen LogP contribution is -2.15. The summed E-state index contributed by atoms with van der Waals surface area (Å²) in [6.07, 6.45) is 7.10. The van der Waals surface area contributed by atoms with Gasteiger partial charge in [0.15, 0.2) is 46.0 Å². The Morgan fingerprint density at radius 1 is 0.167 bits per heavy atom. The summed E-state index contributed by atoms with van der Waals surface area (Å²) in [5.74, 6) is 4.45. The van der Waals surface area contributed by atoms with E-state index in [0.717, 1.165) is 88.8 Å². The summed E-state index contributed by atoms with van der Waals surface area (Å²) in [5.41, 5.74) is 13.0. The Kier molecular flexibility index (Phi) is 27.5. The molecule has 0 unspecified atom stereocenters. The van der Waals surface area contributed by atoms with Crippen LogP contribution in [0.25, 0.3) is 112 Å². The van der Waals surface area contributed by atoms with Crippen LogP contribution in [0.3, 0.4) is 0 Å². The molecule has 2 aliphatic heterocycles. The van der Waals surface area contributed by atoms with Gasteiger partial charge < -0.3 is 75.8 Å². The number of aromatic nitrogens is 6. The molecule has 0 aliphatic carbocycles. The van der Waals surface area contributed by atoms with Crippen LogP contribution in [0.1, 0.15) is 0 Å². The highest BCUT2D eigenvalue weighted by Crippen LogP contribution is 2.51. The molecule has 0 saturated heterocycles. The van der Waals surface area contributed by atoms with Crippen LogP contribution in [0.4, 0.5) is 0 Å². The van der Waals surface area contributed by atoms with Gasteiger partial charge >= 0.3 is 0 Å². The van der Waals surface area contributed by atoms with E-state index in [1.54, 1.807) is 24.8 Å². The minimum Gasteiger partial charge on any atom is -0.487 e. The van der Waals surface area contributed by atoms with Gasteiger partial charge in [-0.25, -0.2) is 9.97 Å². The molecular weight excluding hydrogens is 1450 g/mol. The number of ether oxygens (including phenoxy) is 16. The van der Waals surface area contributed by atoms with E-state index in [1.807, 2.05) is 121 Å². The molecule has 6 aromatic heterocycles. The quantitative estimate of drug-likeness (QED) is 0.129. The van der Waals surface area contributed by atoms with Crippen LogP contribution in [0.2, 0.25) is 0 Å². The molecule has 13 aromatic rings. The van der Waals surface area contributed by atoms with Gasteiger partial charge in [0.05, 0.1) is 151 Å². The van der Waals surface area contributed by atoms with Crippen LogP contribution in [0, 0.1) is 0 Å². The summed E-state index contributed by atoms with van der Waals surface area (Å²) in [6.45, 7) is 7.01. The van der Waals surface area contributed by atoms with Gasteiger partial charge in [0.2, 0.25) is 0 Å². The van der Waals surface area contributed by atoms with E-state index in [0.29, 0.717) is 174 Å². The SMILES string of the molecule is c1ccc(-c2cc(-c3ccc(-c4c5cc6c(cc5c(-c5ccc(-c7cc(-c8ccccn8)nc(-c8ccccn8)c7)cc5)c5cc7c(cc45)OCCOCCOCCOc4ccccc4OCCOCCOCCO7)OCCOCCOCCOc4ccccc4OCCOCCOCCO6)cc3)cc(-c3ccccn3)n2)nc1. The first kappa shape index (κ1) is 77.4. The van der Waals surface area contributed by atoms with Crippen molar-refractivity contribution in [2.24, 2.45) is 0 Å². The molecule has 0 radical (unpaired) electrons. The number of pyridine rings is 6. The molecule has 0 atom stereocenters. The fraction of sp³-hybridized carbons (Fsp3) is 0.261. The molecule has 8 heterocycles. The zero-order chi connectivity index (χ0) is 77.0. The smallest absolute Gasteiger partial charge is 0.161 e. The summed E-state index contributed by atoms with van der Waals surface area (Å²) in [7, 11) is 0. The molecular formula is C92H88N6O16. The first-order valence-corrected chi connectivity index (χ1v) is 38.5. The summed E-state index contributed by atoms with van der Waals surface area (Å²) >= 11 is 0. The maximum absolute atomic E-state index is 6.89. The van der Waals surface area contributed by atoms with Gasteiger partial charge in [0.25, 0.3) is 0 Å². The molecule has 0 fully saturated rings. The number of para-hydroxylation sites is 4. The lowest BCUT2D eigenvalue weighted by atomic mass is 9.84. The highest BCUT2D eigenvalue weighted by Gasteiger charge is 2.25. The van der Waals surface area contributed by atoms with Crippen molar-refractivity contribution in [1.29, 1.82) is 0 Å². The third-order valence-electron chi connectivity index (χ3n) is 18.7. The number of benzene rings is 7. The molecule has 2 aliphatic rings. The molecule has 7 aromatic carbocycles. The predicted octanol–water partition coefficient (Wildman–Crippen LogP) is 16.3. The summed E-state index contributed by atoms with van der Waals surface area (Å²) in [6, 6.07) is 72.2. The lowest BCUT2D eigenvalue weighted by molar-refractivity contribution is 0.0223. The number of hydrogen-bond acceptors (Lipinski definition) is 22. The summed E-state index contributed by atoms with van der Waals surface area (Å²) in [5, 5.41) is 3.39. The molecule has 0 amide bonds. The van der Waals surface area contributed by atoms with Crippen molar-refractivity contribution in [3.63, 3.8) is 0 Å². The van der Waals surface area contributed by atoms with Crippen molar-refractivity contribution >= 4 is 21.5 Å². The average Bonchev–Trinajstić information content (AvgIpc) is 0.720. The zero-order valence-corrected chi connectivity index (χ0v) is 63.3. The van der Waals surface area contributed by atoms with Crippen molar-refractivity contribution in [3.05, 3.63) is 243 Å². The molecule has 0 bridgehead atoms. The molecule has 22 nitrogen and oxygen atoms in total. The minimum absolute atomic E-state index is 0.176. The largest absolute Gasteiger partial charge is 0.487 e. The maximum atomic E-state index is 6.89. The van der Waals surface area contributed by atoms with E-state index >= 15 is 0 Å². The monoisotopic (exact) mass is 1530 g/mol. The third-order valence-corrected chi connectivity index (χ3v) is 18.7. The van der Waals surface area contributed by atoms with Gasteiger partial charge in [0, 0.05) is 24.8 Å². The second kappa shape index (κ2) is 40.5. The second-order valence-corrected chi connectivity index (χ2v) is 26.3. The Morgan fingerprint density at radius 2 is 0.368 bits per heavy atom. The van der Waals surface area contributed by atoms with Gasteiger partial charge in [-0.3, -0.25) is 19.9 Å². The normalized spacial score (nSPS) is 15.5. The van der Waals surface area contributed by atoms with Gasteiger partial charge in [-0.05, 0) is 187 Å². The van der Waals surface area contributed by atoms with Gasteiger partial charge in [-0.1, -0.05) is 97.1 Å². The lowest BCUT2D eigenvalue weighted by Gasteiger charge is -2.23. The van der Waals surface area contributed by atoms with Crippen molar-refractivity contribution < 1.29 is 75.8 Å². The topological polar surface area (TPSA) is 225 Å². The Hall–Kier alpha value is -12.0. The number of fused-ring (bicyclic) bond motifs is 6. The van der Waals surface area contributed by atoms with Gasteiger partial charge in [-0.15, -0.1) is 0 Å². The zero-order valence-electron chi connectivity index (χ0n) is 63.3. The molecule has 0 N–H and O–H groups in total. The fourth-order valence-electron chi connectivity index (χ4n) is 13.3. The molecule has 22 heteroatoms. The van der Waals surface area contributed by atoms with E-state index in [2.05, 4.69) is 97.1 Å². The number of hydrogen-bond donors (Lipinski definition) is 0. The van der Waals surface area contributed by atoms with Crippen molar-refractivity contribution in [2.45, 2.75) is 0 Å². The Bertz CT molecular complexity index is 4620. The van der Waals surface area contributed by atoms with E-state index < -0.39 is 0 Å². The van der Waals surface area contributed by atoms with Gasteiger partial charge in [0.1, 0.15) is 52.9 Å². The molecule has 0 saturated carbocycles. The second-order valence-electron chi connectivity index (χ2n) is 26.3. The molecule has 15 rings (SSSR count). The van der Waals surface area contributed by atoms with Crippen molar-refractivity contribution in [1.82, 2.24) is 29.9 Å². The highest BCUT2D eigenvalue weighted by molar-refractivity contribution is 6.22. The van der Waals surface area contributed by atoms with E-state index in [9.17, 15) is 0 Å². The van der Waals surface area contributed by atoms with E-state index in [-0.39, 0.29) is 52.9 Å². The first-order chi connectivity index (χ1) is 56.6. The van der Waals surface area contributed by atoms with Crippen LogP contribution >= 0.6 is 0 Å². The fourth-order valence-corrected chi connectivity index (χ4v) is 13.3. The Labute approximate surface area is 661 Å². The predicted molar refractivity (Wildman–Crippen MR) is 435 cm³/mol. The van der Waals surface area contributed by atoms with Crippen LogP contribution in [0.15, 0.2) is 243 Å². The molecule has 582 valence electrons. The summed E-state index contributed by atoms with van der Waals surface area (Å²) < 4.78 is 100. The standard InChI is InChI=1S/C92H88N6O16/c1-2-18-84-83(17-1)107-49-41-99-33-37-103-45-53-111-87-61-71-72(62-88(87)112-54-46-104-38-34-100-42-50-108-84)92(68-27-23-66(24-28-68)70-59-81(77-15-7-11-31-95-77)98-82(60-70)78-16-8-12-32-96-78)74-64-90-89(113-55-47-105-39-35-101-43-51-109-85-19-3-4-20-86(85)110-52-44-102-36-40-106-48-56-114-90)63-73(74)91(71)67-25-21-65(22-26-67)69-57-79(75-13-5-9-29-93-75)97-80(58-69)76-14-6-10-30-94-76/h1-32,57-64H,33-56H2. The first-order valence-electron chi connectivity index (χ1n) is 38.5. The molecule has 114 heavy (non-hydrogen) atoms. The minimum atomic E-state index is 0.176. The van der Waals surface area contributed by atoms with Crippen LogP contribution in [0.5, 0.6) is 46.0 Å². The Morgan fingerprint density at radius 3 is 0.588 bits per heavy atom. The van der Waals surface area contributed by atoms with Crippen LogP contribution in [-0.4, -0.2) is 188 Å².